The monoisotopic (exact) mass is 497 g/mol. The summed E-state index contributed by atoms with van der Waals surface area (Å²) < 4.78 is 6.85. The minimum Gasteiger partial charge on any atom is -0.383 e. The summed E-state index contributed by atoms with van der Waals surface area (Å²) in [5.74, 6) is 0.184. The summed E-state index contributed by atoms with van der Waals surface area (Å²) in [7, 11) is 1.54. The number of methoxy groups -OCH3 is 1. The Morgan fingerprint density at radius 1 is 1.09 bits per heavy atom. The van der Waals surface area contributed by atoms with E-state index in [1.165, 1.54) is 4.90 Å². The van der Waals surface area contributed by atoms with Crippen LogP contribution in [-0.4, -0.2) is 53.4 Å². The van der Waals surface area contributed by atoms with E-state index in [1.54, 1.807) is 36.1 Å². The van der Waals surface area contributed by atoms with Crippen LogP contribution in [0.15, 0.2) is 54.6 Å². The topological polar surface area (TPSA) is 88.5 Å². The summed E-state index contributed by atoms with van der Waals surface area (Å²) in [6.45, 7) is 8.55. The van der Waals surface area contributed by atoms with Gasteiger partial charge in [0.15, 0.2) is 0 Å². The quantitative estimate of drug-likeness (QED) is 0.445. The first-order valence-corrected chi connectivity index (χ1v) is 11.7. The molecule has 0 fully saturated rings. The van der Waals surface area contributed by atoms with Gasteiger partial charge in [-0.05, 0) is 42.8 Å². The Kier molecular flexibility index (Phi) is 8.53. The fourth-order valence-electron chi connectivity index (χ4n) is 3.37. The molecule has 0 unspecified atom stereocenters. The van der Waals surface area contributed by atoms with Gasteiger partial charge in [-0.25, -0.2) is 9.48 Å². The predicted molar refractivity (Wildman–Crippen MR) is 140 cm³/mol. The van der Waals surface area contributed by atoms with Crippen LogP contribution in [-0.2, 0) is 14.9 Å². The van der Waals surface area contributed by atoms with E-state index in [1.807, 2.05) is 37.3 Å². The third-order valence-electron chi connectivity index (χ3n) is 5.25. The maximum absolute atomic E-state index is 13.1. The number of aryl methyl sites for hydroxylation is 1. The molecule has 35 heavy (non-hydrogen) atoms. The van der Waals surface area contributed by atoms with Crippen molar-refractivity contribution in [3.8, 4) is 5.69 Å². The maximum Gasteiger partial charge on any atom is 0.322 e. The number of rotatable bonds is 8. The second-order valence-electron chi connectivity index (χ2n) is 9.32. The highest BCUT2D eigenvalue weighted by Crippen LogP contribution is 2.26. The molecular weight excluding hydrogens is 466 g/mol. The van der Waals surface area contributed by atoms with Crippen molar-refractivity contribution < 1.29 is 14.3 Å². The lowest BCUT2D eigenvalue weighted by atomic mass is 9.92. The van der Waals surface area contributed by atoms with Gasteiger partial charge in [0, 0.05) is 35.8 Å². The average molecular weight is 498 g/mol. The van der Waals surface area contributed by atoms with Gasteiger partial charge in [-0.1, -0.05) is 50.6 Å². The number of benzene rings is 2. The first-order valence-electron chi connectivity index (χ1n) is 11.3. The zero-order valence-electron chi connectivity index (χ0n) is 20.8. The van der Waals surface area contributed by atoms with Crippen LogP contribution in [0.4, 0.5) is 16.3 Å². The Morgan fingerprint density at radius 2 is 1.83 bits per heavy atom. The molecule has 0 aliphatic heterocycles. The van der Waals surface area contributed by atoms with E-state index in [2.05, 4.69) is 31.4 Å². The van der Waals surface area contributed by atoms with Gasteiger partial charge in [0.25, 0.3) is 0 Å². The van der Waals surface area contributed by atoms with Crippen LogP contribution < -0.4 is 10.6 Å². The third kappa shape index (κ3) is 7.31. The SMILES string of the molecule is COCCN(CC(=O)Nc1cc(C(C)(C)C)nn1-c1cccc(C)c1)C(=O)Nc1cccc(Cl)c1. The summed E-state index contributed by atoms with van der Waals surface area (Å²) >= 11 is 6.02. The maximum atomic E-state index is 13.1. The van der Waals surface area contributed by atoms with Gasteiger partial charge in [-0.15, -0.1) is 0 Å². The number of hydrogen-bond acceptors (Lipinski definition) is 4. The molecule has 3 aromatic rings. The number of halogens is 1. The third-order valence-corrected chi connectivity index (χ3v) is 5.49. The van der Waals surface area contributed by atoms with Gasteiger partial charge in [-0.2, -0.15) is 5.10 Å². The lowest BCUT2D eigenvalue weighted by molar-refractivity contribution is -0.116. The number of nitrogens with zero attached hydrogens (tertiary/aromatic N) is 3. The summed E-state index contributed by atoms with van der Waals surface area (Å²) in [4.78, 5) is 27.4. The molecule has 2 aromatic carbocycles. The number of ether oxygens (including phenoxy) is 1. The molecule has 0 saturated carbocycles. The normalized spacial score (nSPS) is 11.3. The zero-order valence-corrected chi connectivity index (χ0v) is 21.5. The molecule has 0 aliphatic rings. The zero-order chi connectivity index (χ0) is 25.6. The smallest absolute Gasteiger partial charge is 0.322 e. The van der Waals surface area contributed by atoms with Crippen molar-refractivity contribution in [2.75, 3.05) is 37.4 Å². The molecule has 3 rings (SSSR count). The number of carbonyl (C=O) groups excluding carboxylic acids is 2. The van der Waals surface area contributed by atoms with Gasteiger partial charge in [0.2, 0.25) is 5.91 Å². The van der Waals surface area contributed by atoms with Gasteiger partial charge in [0.1, 0.15) is 12.4 Å². The average Bonchev–Trinajstić information content (AvgIpc) is 3.21. The molecule has 0 aliphatic carbocycles. The molecule has 8 nitrogen and oxygen atoms in total. The minimum absolute atomic E-state index is 0.167. The van der Waals surface area contributed by atoms with Crippen LogP contribution >= 0.6 is 11.6 Å². The van der Waals surface area contributed by atoms with E-state index in [9.17, 15) is 9.59 Å². The van der Waals surface area contributed by atoms with Crippen molar-refractivity contribution >= 4 is 35.0 Å². The van der Waals surface area contributed by atoms with Crippen molar-refractivity contribution in [1.82, 2.24) is 14.7 Å². The van der Waals surface area contributed by atoms with Crippen molar-refractivity contribution in [1.29, 1.82) is 0 Å². The molecular formula is C26H32ClN5O3. The largest absolute Gasteiger partial charge is 0.383 e. The first-order chi connectivity index (χ1) is 16.6. The fraction of sp³-hybridized carbons (Fsp3) is 0.346. The van der Waals surface area contributed by atoms with Crippen LogP contribution in [0.3, 0.4) is 0 Å². The van der Waals surface area contributed by atoms with Gasteiger partial charge in [0.05, 0.1) is 18.0 Å². The Hall–Kier alpha value is -3.36. The minimum atomic E-state index is -0.429. The number of carbonyl (C=O) groups is 2. The van der Waals surface area contributed by atoms with Crippen LogP contribution in [0.25, 0.3) is 5.69 Å². The van der Waals surface area contributed by atoms with Crippen LogP contribution in [0.1, 0.15) is 32.0 Å². The van der Waals surface area contributed by atoms with E-state index in [0.717, 1.165) is 16.9 Å². The van der Waals surface area contributed by atoms with Crippen LogP contribution in [0.5, 0.6) is 0 Å². The molecule has 9 heteroatoms. The molecule has 1 heterocycles. The molecule has 0 atom stereocenters. The molecule has 3 amide bonds. The lowest BCUT2D eigenvalue weighted by Crippen LogP contribution is -2.42. The number of aromatic nitrogens is 2. The standard InChI is InChI=1S/C26H32ClN5O3/c1-18-8-6-11-21(14-18)32-23(16-22(30-32)26(2,3)4)29-24(33)17-31(12-13-35-5)25(34)28-20-10-7-9-19(27)15-20/h6-11,14-16H,12-13,17H2,1-5H3,(H,28,34)(H,29,33). The van der Waals surface area contributed by atoms with Crippen molar-refractivity contribution in [3.05, 3.63) is 70.9 Å². The summed E-state index contributed by atoms with van der Waals surface area (Å²) in [5.41, 5.74) is 3.08. The van der Waals surface area contributed by atoms with E-state index >= 15 is 0 Å². The number of nitrogens with one attached hydrogen (secondary N) is 2. The van der Waals surface area contributed by atoms with E-state index < -0.39 is 6.03 Å². The molecule has 0 saturated heterocycles. The molecule has 0 spiro atoms. The van der Waals surface area contributed by atoms with Crippen molar-refractivity contribution in [2.45, 2.75) is 33.1 Å². The molecule has 0 bridgehead atoms. The summed E-state index contributed by atoms with van der Waals surface area (Å²) in [5, 5.41) is 11.0. The highest BCUT2D eigenvalue weighted by molar-refractivity contribution is 6.30. The number of urea groups is 1. The second kappa shape index (κ2) is 11.4. The van der Waals surface area contributed by atoms with Crippen molar-refractivity contribution in [2.24, 2.45) is 0 Å². The number of anilines is 2. The molecule has 0 radical (unpaired) electrons. The number of hydrogen-bond donors (Lipinski definition) is 2. The molecule has 2 N–H and O–H groups in total. The highest BCUT2D eigenvalue weighted by atomic mass is 35.5. The van der Waals surface area contributed by atoms with Gasteiger partial charge >= 0.3 is 6.03 Å². The van der Waals surface area contributed by atoms with E-state index in [4.69, 9.17) is 21.4 Å². The second-order valence-corrected chi connectivity index (χ2v) is 9.76. The Labute approximate surface area is 211 Å². The predicted octanol–water partition coefficient (Wildman–Crippen LogP) is 5.25. The highest BCUT2D eigenvalue weighted by Gasteiger charge is 2.23. The van der Waals surface area contributed by atoms with Gasteiger partial charge < -0.3 is 20.3 Å². The lowest BCUT2D eigenvalue weighted by Gasteiger charge is -2.22. The Morgan fingerprint density at radius 3 is 2.49 bits per heavy atom. The fourth-order valence-corrected chi connectivity index (χ4v) is 3.56. The van der Waals surface area contributed by atoms with E-state index in [0.29, 0.717) is 16.5 Å². The van der Waals surface area contributed by atoms with Crippen LogP contribution in [0.2, 0.25) is 5.02 Å². The molecule has 186 valence electrons. The Balaban J connectivity index is 1.81. The van der Waals surface area contributed by atoms with Crippen molar-refractivity contribution in [3.63, 3.8) is 0 Å². The van der Waals surface area contributed by atoms with Crippen LogP contribution in [0, 0.1) is 6.92 Å². The first kappa shape index (κ1) is 26.2. The van der Waals surface area contributed by atoms with Gasteiger partial charge in [-0.3, -0.25) is 4.79 Å². The Bertz CT molecular complexity index is 1190. The number of amides is 3. The molecule has 1 aromatic heterocycles. The summed E-state index contributed by atoms with van der Waals surface area (Å²) in [6, 6.07) is 16.1. The van der Waals surface area contributed by atoms with E-state index in [-0.39, 0.29) is 31.0 Å². The summed E-state index contributed by atoms with van der Waals surface area (Å²) in [6.07, 6.45) is 0.